The lowest BCUT2D eigenvalue weighted by Gasteiger charge is -2.31. The van der Waals surface area contributed by atoms with E-state index < -0.39 is 18.1 Å². The van der Waals surface area contributed by atoms with Crippen LogP contribution < -0.4 is 0 Å². The first-order valence-corrected chi connectivity index (χ1v) is 7.31. The molecule has 114 valence electrons. The third-order valence-corrected chi connectivity index (χ3v) is 3.91. The highest BCUT2D eigenvalue weighted by atomic mass is 16.6. The van der Waals surface area contributed by atoms with Crippen LogP contribution in [0.5, 0.6) is 0 Å². The Kier molecular flexibility index (Phi) is 5.20. The third kappa shape index (κ3) is 3.97. The normalized spacial score (nSPS) is 16.4. The van der Waals surface area contributed by atoms with Gasteiger partial charge in [-0.15, -0.1) is 0 Å². The van der Waals surface area contributed by atoms with E-state index in [1.807, 2.05) is 30.3 Å². The number of nitrogens with zero attached hydrogens (tertiary/aromatic N) is 1. The Morgan fingerprint density at radius 1 is 1.29 bits per heavy atom. The lowest BCUT2D eigenvalue weighted by molar-refractivity contribution is -0.142. The lowest BCUT2D eigenvalue weighted by atomic mass is 10.1. The van der Waals surface area contributed by atoms with Crippen LogP contribution in [-0.2, 0) is 16.1 Å². The molecule has 1 fully saturated rings. The molecule has 21 heavy (non-hydrogen) atoms. The van der Waals surface area contributed by atoms with Crippen LogP contribution in [0.1, 0.15) is 38.2 Å². The highest BCUT2D eigenvalue weighted by Gasteiger charge is 2.34. The summed E-state index contributed by atoms with van der Waals surface area (Å²) in [6.07, 6.45) is 3.20. The number of benzene rings is 1. The molecule has 2 rings (SSSR count). The Bertz CT molecular complexity index is 482. The zero-order valence-electron chi connectivity index (χ0n) is 12.2. The van der Waals surface area contributed by atoms with E-state index in [0.717, 1.165) is 31.2 Å². The first-order valence-electron chi connectivity index (χ1n) is 7.31. The van der Waals surface area contributed by atoms with E-state index in [2.05, 4.69) is 0 Å². The fourth-order valence-corrected chi connectivity index (χ4v) is 2.72. The van der Waals surface area contributed by atoms with E-state index in [-0.39, 0.29) is 12.6 Å². The van der Waals surface area contributed by atoms with Crippen LogP contribution in [0.2, 0.25) is 0 Å². The monoisotopic (exact) mass is 291 g/mol. The van der Waals surface area contributed by atoms with Gasteiger partial charge in [0, 0.05) is 6.04 Å². The van der Waals surface area contributed by atoms with Crippen LogP contribution in [0.3, 0.4) is 0 Å². The number of rotatable bonds is 5. The zero-order chi connectivity index (χ0) is 15.2. The number of aliphatic carboxylic acids is 1. The quantitative estimate of drug-likeness (QED) is 0.905. The smallest absolute Gasteiger partial charge is 0.411 e. The molecule has 1 aromatic carbocycles. The summed E-state index contributed by atoms with van der Waals surface area (Å²) in [4.78, 5) is 24.9. The van der Waals surface area contributed by atoms with Gasteiger partial charge in [-0.3, -0.25) is 4.90 Å². The van der Waals surface area contributed by atoms with Crippen LogP contribution in [0.4, 0.5) is 4.79 Å². The van der Waals surface area contributed by atoms with Crippen LogP contribution in [-0.4, -0.2) is 34.2 Å². The van der Waals surface area contributed by atoms with Crippen LogP contribution >= 0.6 is 0 Å². The Labute approximate surface area is 124 Å². The van der Waals surface area contributed by atoms with Gasteiger partial charge >= 0.3 is 12.1 Å². The minimum absolute atomic E-state index is 0.0284. The summed E-state index contributed by atoms with van der Waals surface area (Å²) in [6.45, 7) is 1.69. The van der Waals surface area contributed by atoms with Crippen molar-refractivity contribution in [2.45, 2.75) is 51.3 Å². The van der Waals surface area contributed by atoms with Crippen molar-refractivity contribution in [1.29, 1.82) is 0 Å². The van der Waals surface area contributed by atoms with E-state index in [1.165, 1.54) is 11.8 Å². The predicted octanol–water partition coefficient (Wildman–Crippen LogP) is 3.04. The summed E-state index contributed by atoms with van der Waals surface area (Å²) >= 11 is 0. The number of hydrogen-bond acceptors (Lipinski definition) is 3. The second-order valence-corrected chi connectivity index (χ2v) is 5.40. The van der Waals surface area contributed by atoms with E-state index >= 15 is 0 Å². The van der Waals surface area contributed by atoms with Crippen molar-refractivity contribution in [2.24, 2.45) is 0 Å². The van der Waals surface area contributed by atoms with Gasteiger partial charge in [0.05, 0.1) is 0 Å². The summed E-state index contributed by atoms with van der Waals surface area (Å²) in [5.41, 5.74) is 0.889. The maximum Gasteiger partial charge on any atom is 0.411 e. The fraction of sp³-hybridized carbons (Fsp3) is 0.500. The molecule has 1 aliphatic rings. The highest BCUT2D eigenvalue weighted by Crippen LogP contribution is 2.26. The predicted molar refractivity (Wildman–Crippen MR) is 77.8 cm³/mol. The molecule has 0 saturated heterocycles. The van der Waals surface area contributed by atoms with Gasteiger partial charge in [0.1, 0.15) is 12.6 Å². The fourth-order valence-electron chi connectivity index (χ4n) is 2.72. The summed E-state index contributed by atoms with van der Waals surface area (Å²) in [6, 6.07) is 8.48. The molecule has 5 heteroatoms. The van der Waals surface area contributed by atoms with Crippen molar-refractivity contribution < 1.29 is 19.4 Å². The number of ether oxygens (including phenoxy) is 1. The molecule has 1 aromatic rings. The average Bonchev–Trinajstić information content (AvgIpc) is 3.00. The largest absolute Gasteiger partial charge is 0.480 e. The van der Waals surface area contributed by atoms with Crippen molar-refractivity contribution in [3.63, 3.8) is 0 Å². The first kappa shape index (κ1) is 15.4. The minimum Gasteiger partial charge on any atom is -0.480 e. The van der Waals surface area contributed by atoms with Gasteiger partial charge in [-0.2, -0.15) is 0 Å². The van der Waals surface area contributed by atoms with E-state index in [4.69, 9.17) is 4.74 Å². The van der Waals surface area contributed by atoms with Gasteiger partial charge in [0.15, 0.2) is 0 Å². The van der Waals surface area contributed by atoms with Crippen molar-refractivity contribution in [2.75, 3.05) is 0 Å². The Hall–Kier alpha value is -2.04. The second-order valence-electron chi connectivity index (χ2n) is 5.40. The van der Waals surface area contributed by atoms with E-state index in [0.29, 0.717) is 0 Å². The molecule has 1 unspecified atom stereocenters. The van der Waals surface area contributed by atoms with Gasteiger partial charge in [0.2, 0.25) is 0 Å². The Morgan fingerprint density at radius 2 is 1.90 bits per heavy atom. The van der Waals surface area contributed by atoms with Gasteiger partial charge in [-0.1, -0.05) is 43.2 Å². The maximum atomic E-state index is 12.3. The summed E-state index contributed by atoms with van der Waals surface area (Å²) in [7, 11) is 0. The second kappa shape index (κ2) is 7.11. The third-order valence-electron chi connectivity index (χ3n) is 3.91. The average molecular weight is 291 g/mol. The van der Waals surface area contributed by atoms with Gasteiger partial charge < -0.3 is 9.84 Å². The van der Waals surface area contributed by atoms with Crippen LogP contribution in [0, 0.1) is 0 Å². The van der Waals surface area contributed by atoms with Crippen LogP contribution in [0.15, 0.2) is 30.3 Å². The molecule has 1 atom stereocenters. The molecule has 0 heterocycles. The molecule has 0 aromatic heterocycles. The first-order chi connectivity index (χ1) is 10.1. The van der Waals surface area contributed by atoms with Crippen molar-refractivity contribution in [3.8, 4) is 0 Å². The molecule has 1 aliphatic carbocycles. The molecular weight excluding hydrogens is 270 g/mol. The van der Waals surface area contributed by atoms with E-state index in [9.17, 15) is 14.7 Å². The summed E-state index contributed by atoms with van der Waals surface area (Å²) < 4.78 is 5.30. The topological polar surface area (TPSA) is 66.8 Å². The molecule has 0 radical (unpaired) electrons. The number of carboxylic acid groups (broad SMARTS) is 1. The molecule has 1 saturated carbocycles. The van der Waals surface area contributed by atoms with Crippen molar-refractivity contribution >= 4 is 12.1 Å². The van der Waals surface area contributed by atoms with Crippen LogP contribution in [0.25, 0.3) is 0 Å². The van der Waals surface area contributed by atoms with E-state index in [1.54, 1.807) is 0 Å². The van der Waals surface area contributed by atoms with Crippen molar-refractivity contribution in [3.05, 3.63) is 35.9 Å². The summed E-state index contributed by atoms with van der Waals surface area (Å²) in [5.74, 6) is -1.00. The molecule has 0 bridgehead atoms. The van der Waals surface area contributed by atoms with Crippen molar-refractivity contribution in [1.82, 2.24) is 4.90 Å². The number of carbonyl (C=O) groups excluding carboxylic acids is 1. The number of carbonyl (C=O) groups is 2. The number of amides is 1. The Morgan fingerprint density at radius 3 is 2.48 bits per heavy atom. The molecule has 0 spiro atoms. The molecule has 0 aliphatic heterocycles. The lowest BCUT2D eigenvalue weighted by Crippen LogP contribution is -2.48. The molecular formula is C16H21NO4. The molecule has 1 amide bonds. The van der Waals surface area contributed by atoms with Gasteiger partial charge in [-0.05, 0) is 25.3 Å². The SMILES string of the molecule is CC(C(=O)O)N(C(=O)OCc1ccccc1)C1CCCC1. The zero-order valence-corrected chi connectivity index (χ0v) is 12.2. The number of carboxylic acids is 1. The number of hydrogen-bond donors (Lipinski definition) is 1. The van der Waals surface area contributed by atoms with Gasteiger partial charge in [-0.25, -0.2) is 9.59 Å². The highest BCUT2D eigenvalue weighted by molar-refractivity contribution is 5.79. The minimum atomic E-state index is -1.00. The Balaban J connectivity index is 2.01. The van der Waals surface area contributed by atoms with Gasteiger partial charge in [0.25, 0.3) is 0 Å². The summed E-state index contributed by atoms with van der Waals surface area (Å²) in [5, 5.41) is 9.20. The maximum absolute atomic E-state index is 12.3. The standard InChI is InChI=1S/C16H21NO4/c1-12(15(18)19)17(14-9-5-6-10-14)16(20)21-11-13-7-3-2-4-8-13/h2-4,7-8,12,14H,5-6,9-11H2,1H3,(H,18,19). The molecule has 5 nitrogen and oxygen atoms in total. The molecule has 1 N–H and O–H groups in total.